The number of carbonyl (C=O) groups excluding carboxylic acids is 2. The fourth-order valence-electron chi connectivity index (χ4n) is 3.19. The number of benzene rings is 1. The van der Waals surface area contributed by atoms with Gasteiger partial charge in [-0.1, -0.05) is 6.07 Å². The van der Waals surface area contributed by atoms with Crippen molar-refractivity contribution in [2.45, 2.75) is 19.8 Å². The fourth-order valence-corrected chi connectivity index (χ4v) is 3.19. The number of hydrogen-bond acceptors (Lipinski definition) is 5. The lowest BCUT2D eigenvalue weighted by Gasteiger charge is -2.15. The Hall–Kier alpha value is -3.72. The van der Waals surface area contributed by atoms with Gasteiger partial charge in [0.15, 0.2) is 0 Å². The van der Waals surface area contributed by atoms with Crippen molar-refractivity contribution in [1.29, 1.82) is 0 Å². The van der Waals surface area contributed by atoms with Crippen LogP contribution in [0.2, 0.25) is 0 Å². The molecule has 9 heteroatoms. The number of nitrogens with zero attached hydrogens (tertiary/aromatic N) is 4. The summed E-state index contributed by atoms with van der Waals surface area (Å²) < 4.78 is 1.61. The van der Waals surface area contributed by atoms with Crippen LogP contribution in [0.3, 0.4) is 0 Å². The molecule has 0 bridgehead atoms. The zero-order valence-electron chi connectivity index (χ0n) is 16.6. The summed E-state index contributed by atoms with van der Waals surface area (Å²) >= 11 is 0. The lowest BCUT2D eigenvalue weighted by molar-refractivity contribution is 0.102. The first kappa shape index (κ1) is 19.6. The number of carbonyl (C=O) groups is 2. The Bertz CT molecular complexity index is 1040. The lowest BCUT2D eigenvalue weighted by Crippen LogP contribution is -2.42. The third-order valence-corrected chi connectivity index (χ3v) is 4.75. The van der Waals surface area contributed by atoms with Crippen molar-refractivity contribution < 1.29 is 9.59 Å². The Morgan fingerprint density at radius 2 is 1.83 bits per heavy atom. The lowest BCUT2D eigenvalue weighted by atomic mass is 10.2. The second kappa shape index (κ2) is 8.75. The normalized spacial score (nSPS) is 13.8. The largest absolute Gasteiger partial charge is 0.333 e. The van der Waals surface area contributed by atoms with Crippen LogP contribution in [0.5, 0.6) is 0 Å². The van der Waals surface area contributed by atoms with Gasteiger partial charge in [0.25, 0.3) is 5.91 Å². The van der Waals surface area contributed by atoms with E-state index in [1.54, 1.807) is 41.5 Å². The average molecular weight is 405 g/mol. The molecule has 3 N–H and O–H groups in total. The molecule has 3 heterocycles. The molecule has 3 aromatic rings. The molecule has 4 rings (SSSR count). The number of hydrazine groups is 1. The van der Waals surface area contributed by atoms with Crippen LogP contribution in [0.4, 0.5) is 16.2 Å². The maximum absolute atomic E-state index is 12.6. The first-order valence-electron chi connectivity index (χ1n) is 9.78. The van der Waals surface area contributed by atoms with Crippen molar-refractivity contribution in [3.05, 3.63) is 66.2 Å². The summed E-state index contributed by atoms with van der Waals surface area (Å²) in [6.07, 6.45) is 7.06. The standard InChI is InChI=1S/C21H23N7O2/c1-15-7-8-17(12-22-15)24-20(29)16-5-4-6-19(11-16)28-14-18(13-23-28)25-21(30)26-27-9-2-3-10-27/h4-8,11-14H,2-3,9-10H2,1H3,(H,24,29)(H2,25,26,30). The molecule has 1 fully saturated rings. The van der Waals surface area contributed by atoms with E-state index >= 15 is 0 Å². The predicted octanol–water partition coefficient (Wildman–Crippen LogP) is 2.96. The Labute approximate surface area is 174 Å². The topological polar surface area (TPSA) is 104 Å². The van der Waals surface area contributed by atoms with Crippen molar-refractivity contribution in [3.63, 3.8) is 0 Å². The van der Waals surface area contributed by atoms with E-state index in [0.717, 1.165) is 31.6 Å². The Balaban J connectivity index is 1.41. The summed E-state index contributed by atoms with van der Waals surface area (Å²) in [6, 6.07) is 10.4. The highest BCUT2D eigenvalue weighted by atomic mass is 16.2. The molecule has 2 aromatic heterocycles. The van der Waals surface area contributed by atoms with Crippen LogP contribution in [-0.4, -0.2) is 44.8 Å². The second-order valence-corrected chi connectivity index (χ2v) is 7.13. The number of rotatable bonds is 5. The van der Waals surface area contributed by atoms with Crippen molar-refractivity contribution in [2.24, 2.45) is 0 Å². The van der Waals surface area contributed by atoms with E-state index in [-0.39, 0.29) is 11.9 Å². The number of pyridine rings is 1. The molecule has 0 unspecified atom stereocenters. The zero-order valence-corrected chi connectivity index (χ0v) is 16.6. The number of anilines is 2. The molecule has 30 heavy (non-hydrogen) atoms. The monoisotopic (exact) mass is 405 g/mol. The molecule has 0 saturated carbocycles. The molecular weight excluding hydrogens is 382 g/mol. The highest BCUT2D eigenvalue weighted by Gasteiger charge is 2.14. The van der Waals surface area contributed by atoms with Gasteiger partial charge in [-0.2, -0.15) is 5.10 Å². The molecule has 1 aliphatic heterocycles. The number of urea groups is 1. The smallest absolute Gasteiger partial charge is 0.321 e. The Morgan fingerprint density at radius 3 is 2.60 bits per heavy atom. The summed E-state index contributed by atoms with van der Waals surface area (Å²) in [5, 5.41) is 11.8. The van der Waals surface area contributed by atoms with E-state index in [4.69, 9.17) is 0 Å². The van der Waals surface area contributed by atoms with Gasteiger partial charge in [0.05, 0.1) is 35.7 Å². The summed E-state index contributed by atoms with van der Waals surface area (Å²) in [4.78, 5) is 28.8. The van der Waals surface area contributed by atoms with E-state index in [9.17, 15) is 9.59 Å². The van der Waals surface area contributed by atoms with Crippen LogP contribution in [-0.2, 0) is 0 Å². The number of aryl methyl sites for hydroxylation is 1. The maximum atomic E-state index is 12.6. The first-order chi connectivity index (χ1) is 14.6. The molecule has 0 spiro atoms. The highest BCUT2D eigenvalue weighted by Crippen LogP contribution is 2.15. The van der Waals surface area contributed by atoms with Crippen molar-refractivity contribution in [1.82, 2.24) is 25.2 Å². The molecule has 1 saturated heterocycles. The molecule has 3 amide bonds. The first-order valence-corrected chi connectivity index (χ1v) is 9.78. The molecular formula is C21H23N7O2. The minimum atomic E-state index is -0.295. The fraction of sp³-hybridized carbons (Fsp3) is 0.238. The van der Waals surface area contributed by atoms with Crippen LogP contribution in [0, 0.1) is 6.92 Å². The number of aromatic nitrogens is 3. The van der Waals surface area contributed by atoms with Crippen molar-refractivity contribution in [2.75, 3.05) is 23.7 Å². The van der Waals surface area contributed by atoms with E-state index < -0.39 is 0 Å². The van der Waals surface area contributed by atoms with Gasteiger partial charge in [-0.25, -0.2) is 14.5 Å². The van der Waals surface area contributed by atoms with Crippen molar-refractivity contribution >= 4 is 23.3 Å². The minimum Gasteiger partial charge on any atom is -0.321 e. The van der Waals surface area contributed by atoms with E-state index in [2.05, 4.69) is 26.1 Å². The van der Waals surface area contributed by atoms with E-state index in [0.29, 0.717) is 22.6 Å². The zero-order chi connectivity index (χ0) is 20.9. The van der Waals surface area contributed by atoms with Gasteiger partial charge < -0.3 is 10.6 Å². The summed E-state index contributed by atoms with van der Waals surface area (Å²) in [7, 11) is 0. The van der Waals surface area contributed by atoms with Gasteiger partial charge >= 0.3 is 6.03 Å². The summed E-state index contributed by atoms with van der Waals surface area (Å²) in [5.74, 6) is -0.238. The average Bonchev–Trinajstić information content (AvgIpc) is 3.42. The van der Waals surface area contributed by atoms with Gasteiger partial charge in [0.1, 0.15) is 0 Å². The third kappa shape index (κ3) is 4.81. The van der Waals surface area contributed by atoms with Crippen LogP contribution in [0.1, 0.15) is 28.9 Å². The quantitative estimate of drug-likeness (QED) is 0.605. The SMILES string of the molecule is Cc1ccc(NC(=O)c2cccc(-n3cc(NC(=O)NN4CCCC4)cn3)c2)cn1. The molecule has 1 aromatic carbocycles. The van der Waals surface area contributed by atoms with Gasteiger partial charge in [-0.05, 0) is 50.1 Å². The number of hydrogen-bond donors (Lipinski definition) is 3. The predicted molar refractivity (Wildman–Crippen MR) is 113 cm³/mol. The Morgan fingerprint density at radius 1 is 1.00 bits per heavy atom. The van der Waals surface area contributed by atoms with Crippen LogP contribution >= 0.6 is 0 Å². The number of amides is 3. The van der Waals surface area contributed by atoms with E-state index in [1.165, 1.54) is 0 Å². The summed E-state index contributed by atoms with van der Waals surface area (Å²) in [5.41, 5.74) is 6.09. The maximum Gasteiger partial charge on any atom is 0.333 e. The number of nitrogens with one attached hydrogen (secondary N) is 3. The second-order valence-electron chi connectivity index (χ2n) is 7.13. The van der Waals surface area contributed by atoms with Gasteiger partial charge in [-0.15, -0.1) is 0 Å². The molecule has 0 atom stereocenters. The van der Waals surface area contributed by atoms with Gasteiger partial charge in [0.2, 0.25) is 0 Å². The van der Waals surface area contributed by atoms with Crippen LogP contribution in [0.25, 0.3) is 5.69 Å². The molecule has 9 nitrogen and oxygen atoms in total. The highest BCUT2D eigenvalue weighted by molar-refractivity contribution is 6.04. The summed E-state index contributed by atoms with van der Waals surface area (Å²) in [6.45, 7) is 3.61. The molecule has 0 aliphatic carbocycles. The van der Waals surface area contributed by atoms with Crippen molar-refractivity contribution in [3.8, 4) is 5.69 Å². The molecule has 1 aliphatic rings. The van der Waals surface area contributed by atoms with Crippen LogP contribution in [0.15, 0.2) is 55.0 Å². The third-order valence-electron chi connectivity index (χ3n) is 4.75. The molecule has 154 valence electrons. The van der Waals surface area contributed by atoms with Gasteiger partial charge in [-0.3, -0.25) is 15.2 Å². The van der Waals surface area contributed by atoms with E-state index in [1.807, 2.05) is 30.1 Å². The minimum absolute atomic E-state index is 0.238. The Kier molecular flexibility index (Phi) is 5.71. The van der Waals surface area contributed by atoms with Gasteiger partial charge in [0, 0.05) is 24.3 Å². The van der Waals surface area contributed by atoms with Crippen LogP contribution < -0.4 is 16.1 Å². The molecule has 0 radical (unpaired) electrons.